The van der Waals surface area contributed by atoms with Crippen molar-refractivity contribution in [1.29, 1.82) is 0 Å². The molecule has 0 spiro atoms. The number of nitrogen functional groups attached to an aromatic ring is 1. The average molecular weight is 234 g/mol. The summed E-state index contributed by atoms with van der Waals surface area (Å²) in [6, 6.07) is 4.82. The third-order valence-electron chi connectivity index (χ3n) is 1.59. The van der Waals surface area contributed by atoms with Crippen molar-refractivity contribution < 1.29 is 9.32 Å². The highest BCUT2D eigenvalue weighted by atomic mass is 35.5. The van der Waals surface area contributed by atoms with E-state index in [0.717, 1.165) is 0 Å². The molecule has 0 aliphatic heterocycles. The minimum absolute atomic E-state index is 0.170. The maximum absolute atomic E-state index is 11.6. The molecule has 0 aliphatic rings. The van der Waals surface area contributed by atoms with Crippen molar-refractivity contribution in [2.45, 2.75) is 17.9 Å². The zero-order valence-electron chi connectivity index (χ0n) is 7.74. The van der Waals surface area contributed by atoms with Crippen LogP contribution in [-0.4, -0.2) is 21.2 Å². The van der Waals surface area contributed by atoms with Crippen LogP contribution in [0, 0.1) is 0 Å². The highest BCUT2D eigenvalue weighted by Crippen LogP contribution is 2.22. The lowest BCUT2D eigenvalue weighted by Gasteiger charge is -2.07. The number of benzene rings is 1. The van der Waals surface area contributed by atoms with Crippen LogP contribution in [-0.2, 0) is 10.8 Å². The number of halogens is 1. The predicted molar refractivity (Wildman–Crippen MR) is 58.8 cm³/mol. The van der Waals surface area contributed by atoms with E-state index in [-0.39, 0.29) is 5.75 Å². The lowest BCUT2D eigenvalue weighted by atomic mass is 10.3. The lowest BCUT2D eigenvalue weighted by molar-refractivity contribution is 0.219. The Hall–Kier alpha value is -0.580. The van der Waals surface area contributed by atoms with Crippen molar-refractivity contribution >= 4 is 28.1 Å². The maximum Gasteiger partial charge on any atom is 0.0630 e. The second kappa shape index (κ2) is 4.77. The molecule has 0 saturated heterocycles. The fourth-order valence-corrected chi connectivity index (χ4v) is 2.55. The van der Waals surface area contributed by atoms with Crippen molar-refractivity contribution in [1.82, 2.24) is 0 Å². The molecular formula is C9H12ClNO2S. The minimum Gasteiger partial charge on any atom is -0.399 e. The Kier molecular flexibility index (Phi) is 3.92. The number of anilines is 1. The van der Waals surface area contributed by atoms with E-state index in [2.05, 4.69) is 0 Å². The second-order valence-electron chi connectivity index (χ2n) is 3.05. The first-order valence-electron chi connectivity index (χ1n) is 4.12. The van der Waals surface area contributed by atoms with E-state index in [9.17, 15) is 4.21 Å². The number of hydrogen-bond acceptors (Lipinski definition) is 3. The van der Waals surface area contributed by atoms with Gasteiger partial charge in [0.25, 0.3) is 0 Å². The predicted octanol–water partition coefficient (Wildman–Crippen LogP) is 1.41. The van der Waals surface area contributed by atoms with Crippen molar-refractivity contribution in [2.75, 3.05) is 11.5 Å². The molecule has 2 atom stereocenters. The summed E-state index contributed by atoms with van der Waals surface area (Å²) in [6.45, 7) is 1.58. The number of rotatable bonds is 3. The highest BCUT2D eigenvalue weighted by molar-refractivity contribution is 7.85. The van der Waals surface area contributed by atoms with Gasteiger partial charge in [0.2, 0.25) is 0 Å². The van der Waals surface area contributed by atoms with Gasteiger partial charge in [-0.25, -0.2) is 0 Å². The van der Waals surface area contributed by atoms with Crippen LogP contribution in [0.3, 0.4) is 0 Å². The fraction of sp³-hybridized carbons (Fsp3) is 0.333. The van der Waals surface area contributed by atoms with E-state index in [1.807, 2.05) is 0 Å². The molecule has 0 radical (unpaired) electrons. The maximum atomic E-state index is 11.6. The summed E-state index contributed by atoms with van der Waals surface area (Å²) in [5.74, 6) is 0.170. The van der Waals surface area contributed by atoms with Gasteiger partial charge in [0, 0.05) is 5.69 Å². The van der Waals surface area contributed by atoms with Crippen molar-refractivity contribution in [3.63, 3.8) is 0 Å². The molecule has 3 N–H and O–H groups in total. The van der Waals surface area contributed by atoms with Gasteiger partial charge >= 0.3 is 0 Å². The molecule has 3 nitrogen and oxygen atoms in total. The Labute approximate surface area is 90.3 Å². The molecule has 0 bridgehead atoms. The van der Waals surface area contributed by atoms with Crippen LogP contribution < -0.4 is 5.73 Å². The molecule has 0 aromatic heterocycles. The Morgan fingerprint density at radius 2 is 2.29 bits per heavy atom. The third-order valence-corrected chi connectivity index (χ3v) is 3.65. The molecule has 78 valence electrons. The summed E-state index contributed by atoms with van der Waals surface area (Å²) in [4.78, 5) is 0.479. The summed E-state index contributed by atoms with van der Waals surface area (Å²) >= 11 is 5.84. The van der Waals surface area contributed by atoms with Crippen LogP contribution in [0.2, 0.25) is 5.02 Å². The zero-order chi connectivity index (χ0) is 10.7. The molecule has 0 amide bonds. The molecule has 1 rings (SSSR count). The normalized spacial score (nSPS) is 15.1. The van der Waals surface area contributed by atoms with Gasteiger partial charge in [-0.1, -0.05) is 11.6 Å². The first-order valence-corrected chi connectivity index (χ1v) is 5.82. The van der Waals surface area contributed by atoms with E-state index in [0.29, 0.717) is 15.6 Å². The quantitative estimate of drug-likeness (QED) is 0.776. The van der Waals surface area contributed by atoms with Gasteiger partial charge in [0.05, 0.1) is 32.6 Å². The van der Waals surface area contributed by atoms with Crippen LogP contribution >= 0.6 is 11.6 Å². The van der Waals surface area contributed by atoms with Crippen LogP contribution in [0.5, 0.6) is 0 Å². The number of aliphatic hydroxyl groups is 1. The van der Waals surface area contributed by atoms with Crippen molar-refractivity contribution in [3.8, 4) is 0 Å². The second-order valence-corrected chi connectivity index (χ2v) is 4.92. The van der Waals surface area contributed by atoms with Crippen LogP contribution in [0.1, 0.15) is 6.92 Å². The SMILES string of the molecule is CC(O)CS(=O)c1cc(N)ccc1Cl. The number of nitrogens with two attached hydrogens (primary N) is 1. The van der Waals surface area contributed by atoms with Gasteiger partial charge in [0.1, 0.15) is 0 Å². The molecule has 0 aliphatic carbocycles. The molecule has 0 saturated carbocycles. The van der Waals surface area contributed by atoms with Crippen molar-refractivity contribution in [2.24, 2.45) is 0 Å². The summed E-state index contributed by atoms with van der Waals surface area (Å²) < 4.78 is 11.6. The van der Waals surface area contributed by atoms with Crippen molar-refractivity contribution in [3.05, 3.63) is 23.2 Å². The van der Waals surface area contributed by atoms with Gasteiger partial charge in [-0.3, -0.25) is 4.21 Å². The van der Waals surface area contributed by atoms with Gasteiger partial charge in [-0.15, -0.1) is 0 Å². The van der Waals surface area contributed by atoms with Gasteiger partial charge in [-0.2, -0.15) is 0 Å². The Bertz CT molecular complexity index is 355. The molecule has 5 heteroatoms. The zero-order valence-corrected chi connectivity index (χ0v) is 9.31. The molecule has 1 aromatic rings. The van der Waals surface area contributed by atoms with E-state index >= 15 is 0 Å². The molecule has 1 aromatic carbocycles. The molecule has 14 heavy (non-hydrogen) atoms. The van der Waals surface area contributed by atoms with E-state index in [1.165, 1.54) is 0 Å². The van der Waals surface area contributed by atoms with Crippen LogP contribution in [0.15, 0.2) is 23.1 Å². The Morgan fingerprint density at radius 3 is 2.86 bits per heavy atom. The Morgan fingerprint density at radius 1 is 1.64 bits per heavy atom. The van der Waals surface area contributed by atoms with E-state index < -0.39 is 16.9 Å². The largest absolute Gasteiger partial charge is 0.399 e. The first kappa shape index (κ1) is 11.5. The number of hydrogen-bond donors (Lipinski definition) is 2. The number of aliphatic hydroxyl groups excluding tert-OH is 1. The summed E-state index contributed by atoms with van der Waals surface area (Å²) in [5, 5.41) is 9.49. The summed E-state index contributed by atoms with van der Waals surface area (Å²) in [5.41, 5.74) is 6.06. The topological polar surface area (TPSA) is 63.3 Å². The third kappa shape index (κ3) is 2.97. The fourth-order valence-electron chi connectivity index (χ4n) is 1.00. The first-order chi connectivity index (χ1) is 6.50. The molecule has 0 heterocycles. The van der Waals surface area contributed by atoms with Crippen LogP contribution in [0.4, 0.5) is 5.69 Å². The van der Waals surface area contributed by atoms with E-state index in [1.54, 1.807) is 25.1 Å². The van der Waals surface area contributed by atoms with Gasteiger partial charge in [0.15, 0.2) is 0 Å². The standard InChI is InChI=1S/C9H12ClNO2S/c1-6(12)5-14(13)9-4-7(11)2-3-8(9)10/h2-4,6,12H,5,11H2,1H3. The monoisotopic (exact) mass is 233 g/mol. The summed E-state index contributed by atoms with van der Waals surface area (Å²) in [6.07, 6.45) is -0.617. The Balaban J connectivity index is 2.94. The summed E-state index contributed by atoms with van der Waals surface area (Å²) in [7, 11) is -1.30. The van der Waals surface area contributed by atoms with E-state index in [4.69, 9.17) is 22.4 Å². The smallest absolute Gasteiger partial charge is 0.0630 e. The molecule has 2 unspecified atom stereocenters. The molecule has 0 fully saturated rings. The lowest BCUT2D eigenvalue weighted by Crippen LogP contribution is -2.12. The average Bonchev–Trinajstić information content (AvgIpc) is 2.08. The van der Waals surface area contributed by atoms with Crippen LogP contribution in [0.25, 0.3) is 0 Å². The van der Waals surface area contributed by atoms with Gasteiger partial charge < -0.3 is 10.8 Å². The minimum atomic E-state index is -1.30. The highest BCUT2D eigenvalue weighted by Gasteiger charge is 2.11. The molecular weight excluding hydrogens is 222 g/mol. The van der Waals surface area contributed by atoms with Gasteiger partial charge in [-0.05, 0) is 25.1 Å².